The molecule has 2 aromatic rings. The lowest BCUT2D eigenvalue weighted by molar-refractivity contribution is 0.00154. The second-order valence-electron chi connectivity index (χ2n) is 5.11. The number of para-hydroxylation sites is 1. The molecular formula is C15H18N4O2. The first-order valence-electron chi connectivity index (χ1n) is 6.92. The fraction of sp³-hybridized carbons (Fsp3) is 0.333. The van der Waals surface area contributed by atoms with Crippen LogP contribution in [0.5, 0.6) is 0 Å². The van der Waals surface area contributed by atoms with Crippen molar-refractivity contribution in [2.75, 3.05) is 19.7 Å². The van der Waals surface area contributed by atoms with E-state index < -0.39 is 0 Å². The minimum atomic E-state index is -0.355. The Balaban J connectivity index is 1.79. The van der Waals surface area contributed by atoms with Gasteiger partial charge in [0.25, 0.3) is 0 Å². The van der Waals surface area contributed by atoms with Gasteiger partial charge in [-0.1, -0.05) is 29.4 Å². The van der Waals surface area contributed by atoms with Gasteiger partial charge in [0.1, 0.15) is 6.10 Å². The van der Waals surface area contributed by atoms with Gasteiger partial charge in [-0.15, -0.1) is 0 Å². The van der Waals surface area contributed by atoms with Crippen molar-refractivity contribution in [3.05, 3.63) is 42.1 Å². The summed E-state index contributed by atoms with van der Waals surface area (Å²) in [7, 11) is 0. The smallest absolute Gasteiger partial charge is 0.169 e. The summed E-state index contributed by atoms with van der Waals surface area (Å²) >= 11 is 0. The molecule has 1 atom stereocenters. The third-order valence-electron chi connectivity index (χ3n) is 3.71. The van der Waals surface area contributed by atoms with Gasteiger partial charge in [0.05, 0.1) is 12.1 Å². The minimum absolute atomic E-state index is 0.121. The van der Waals surface area contributed by atoms with Crippen molar-refractivity contribution in [2.45, 2.75) is 12.6 Å². The molecule has 0 saturated carbocycles. The van der Waals surface area contributed by atoms with Gasteiger partial charge in [-0.25, -0.2) is 0 Å². The van der Waals surface area contributed by atoms with E-state index >= 15 is 0 Å². The molecule has 0 bridgehead atoms. The molecule has 6 heteroatoms. The largest absolute Gasteiger partial charge is 0.409 e. The molecule has 0 aliphatic carbocycles. The molecule has 3 rings (SSSR count). The average Bonchev–Trinajstić information content (AvgIpc) is 2.55. The zero-order chi connectivity index (χ0) is 14.7. The summed E-state index contributed by atoms with van der Waals surface area (Å²) in [5.74, 6) is 0.121. The quantitative estimate of drug-likeness (QED) is 0.383. The summed E-state index contributed by atoms with van der Waals surface area (Å²) in [5, 5.41) is 12.9. The molecule has 1 aromatic carbocycles. The van der Waals surface area contributed by atoms with Crippen molar-refractivity contribution >= 4 is 16.7 Å². The summed E-state index contributed by atoms with van der Waals surface area (Å²) < 4.78 is 5.51. The molecule has 1 aliphatic rings. The maximum atomic E-state index is 8.76. The highest BCUT2D eigenvalue weighted by Crippen LogP contribution is 2.19. The fourth-order valence-electron chi connectivity index (χ4n) is 2.63. The van der Waals surface area contributed by atoms with Crippen LogP contribution in [-0.2, 0) is 11.3 Å². The van der Waals surface area contributed by atoms with Crippen LogP contribution in [0.1, 0.15) is 5.56 Å². The van der Waals surface area contributed by atoms with Crippen LogP contribution in [0.2, 0.25) is 0 Å². The van der Waals surface area contributed by atoms with Crippen molar-refractivity contribution in [1.82, 2.24) is 9.88 Å². The highest BCUT2D eigenvalue weighted by molar-refractivity contribution is 5.84. The van der Waals surface area contributed by atoms with Crippen molar-refractivity contribution < 1.29 is 9.94 Å². The van der Waals surface area contributed by atoms with Crippen molar-refractivity contribution in [1.29, 1.82) is 0 Å². The van der Waals surface area contributed by atoms with Gasteiger partial charge in [0, 0.05) is 31.2 Å². The number of oxime groups is 1. The summed E-state index contributed by atoms with van der Waals surface area (Å²) in [6.07, 6.45) is 1.45. The Morgan fingerprint density at radius 3 is 3.14 bits per heavy atom. The molecule has 0 amide bonds. The molecule has 6 nitrogen and oxygen atoms in total. The van der Waals surface area contributed by atoms with Gasteiger partial charge < -0.3 is 15.7 Å². The first-order chi connectivity index (χ1) is 10.3. The Morgan fingerprint density at radius 2 is 2.29 bits per heavy atom. The van der Waals surface area contributed by atoms with Crippen LogP contribution in [-0.4, -0.2) is 46.7 Å². The first-order valence-corrected chi connectivity index (χ1v) is 6.92. The van der Waals surface area contributed by atoms with Gasteiger partial charge in [-0.05, 0) is 11.6 Å². The number of fused-ring (bicyclic) bond motifs is 1. The molecule has 1 saturated heterocycles. The van der Waals surface area contributed by atoms with Crippen LogP contribution in [0.4, 0.5) is 0 Å². The maximum absolute atomic E-state index is 8.76. The van der Waals surface area contributed by atoms with E-state index in [1.54, 1.807) is 0 Å². The van der Waals surface area contributed by atoms with Crippen LogP contribution < -0.4 is 5.73 Å². The lowest BCUT2D eigenvalue weighted by Gasteiger charge is -2.32. The van der Waals surface area contributed by atoms with Crippen LogP contribution in [0.25, 0.3) is 10.9 Å². The normalized spacial score (nSPS) is 20.8. The molecule has 0 spiro atoms. The van der Waals surface area contributed by atoms with Gasteiger partial charge in [0.15, 0.2) is 5.84 Å². The zero-order valence-electron chi connectivity index (χ0n) is 11.6. The van der Waals surface area contributed by atoms with Crippen LogP contribution >= 0.6 is 0 Å². The van der Waals surface area contributed by atoms with Gasteiger partial charge in [-0.3, -0.25) is 9.88 Å². The van der Waals surface area contributed by atoms with E-state index in [4.69, 9.17) is 15.7 Å². The zero-order valence-corrected chi connectivity index (χ0v) is 11.6. The second-order valence-corrected chi connectivity index (χ2v) is 5.11. The molecule has 1 unspecified atom stereocenters. The highest BCUT2D eigenvalue weighted by atomic mass is 16.5. The number of amidine groups is 1. The lowest BCUT2D eigenvalue weighted by atomic mass is 10.1. The summed E-state index contributed by atoms with van der Waals surface area (Å²) in [6.45, 7) is 2.77. The predicted octanol–water partition coefficient (Wildman–Crippen LogP) is 1.18. The van der Waals surface area contributed by atoms with E-state index in [-0.39, 0.29) is 11.9 Å². The minimum Gasteiger partial charge on any atom is -0.409 e. The first kappa shape index (κ1) is 13.8. The number of nitrogens with two attached hydrogens (primary N) is 1. The third-order valence-corrected chi connectivity index (χ3v) is 3.71. The van der Waals surface area contributed by atoms with Gasteiger partial charge in [0.2, 0.25) is 0 Å². The Kier molecular flexibility index (Phi) is 3.98. The molecule has 110 valence electrons. The number of aromatic nitrogens is 1. The van der Waals surface area contributed by atoms with E-state index in [1.807, 2.05) is 18.3 Å². The Morgan fingerprint density at radius 1 is 1.43 bits per heavy atom. The number of benzene rings is 1. The number of ether oxygens (including phenoxy) is 1. The number of rotatable bonds is 3. The second kappa shape index (κ2) is 6.07. The molecule has 0 radical (unpaired) electrons. The number of hydrogen-bond donors (Lipinski definition) is 2. The molecule has 21 heavy (non-hydrogen) atoms. The Labute approximate surface area is 122 Å². The van der Waals surface area contributed by atoms with Crippen molar-refractivity contribution in [3.63, 3.8) is 0 Å². The SMILES string of the molecule is NC(=NO)C1CN(Cc2cccc3cccnc23)CCO1. The topological polar surface area (TPSA) is 84.0 Å². The third kappa shape index (κ3) is 2.96. The molecule has 2 heterocycles. The number of nitrogens with zero attached hydrogens (tertiary/aromatic N) is 3. The number of pyridine rings is 1. The van der Waals surface area contributed by atoms with E-state index in [1.165, 1.54) is 5.56 Å². The molecule has 1 aliphatic heterocycles. The number of hydrogen-bond acceptors (Lipinski definition) is 5. The average molecular weight is 286 g/mol. The summed E-state index contributed by atoms with van der Waals surface area (Å²) in [4.78, 5) is 6.70. The molecular weight excluding hydrogens is 268 g/mol. The van der Waals surface area contributed by atoms with Crippen LogP contribution in [0.3, 0.4) is 0 Å². The number of morpholine rings is 1. The van der Waals surface area contributed by atoms with E-state index in [0.717, 1.165) is 24.0 Å². The monoisotopic (exact) mass is 286 g/mol. The lowest BCUT2D eigenvalue weighted by Crippen LogP contribution is -2.48. The summed E-state index contributed by atoms with van der Waals surface area (Å²) in [5.41, 5.74) is 7.82. The predicted molar refractivity (Wildman–Crippen MR) is 80.2 cm³/mol. The fourth-order valence-corrected chi connectivity index (χ4v) is 2.63. The van der Waals surface area contributed by atoms with Gasteiger partial charge >= 0.3 is 0 Å². The standard InChI is InChI=1S/C15H18N4O2/c16-15(18-20)13-10-19(7-8-21-13)9-12-4-1-3-11-5-2-6-17-14(11)12/h1-6,13,20H,7-10H2,(H2,16,18). The van der Waals surface area contributed by atoms with Gasteiger partial charge in [-0.2, -0.15) is 0 Å². The molecule has 1 fully saturated rings. The van der Waals surface area contributed by atoms with E-state index in [0.29, 0.717) is 13.2 Å². The maximum Gasteiger partial charge on any atom is 0.169 e. The summed E-state index contributed by atoms with van der Waals surface area (Å²) in [6, 6.07) is 10.2. The van der Waals surface area contributed by atoms with Crippen LogP contribution in [0, 0.1) is 0 Å². The molecule has 3 N–H and O–H groups in total. The van der Waals surface area contributed by atoms with Crippen LogP contribution in [0.15, 0.2) is 41.7 Å². The van der Waals surface area contributed by atoms with Crippen molar-refractivity contribution in [2.24, 2.45) is 10.9 Å². The Hall–Kier alpha value is -2.18. The molecule has 1 aromatic heterocycles. The van der Waals surface area contributed by atoms with E-state index in [9.17, 15) is 0 Å². The Bertz CT molecular complexity index is 654. The highest BCUT2D eigenvalue weighted by Gasteiger charge is 2.24. The van der Waals surface area contributed by atoms with E-state index in [2.05, 4.69) is 33.2 Å². The van der Waals surface area contributed by atoms with Crippen molar-refractivity contribution in [3.8, 4) is 0 Å².